The van der Waals surface area contributed by atoms with Crippen molar-refractivity contribution in [3.8, 4) is 0 Å². The highest BCUT2D eigenvalue weighted by Crippen LogP contribution is 2.56. The number of allylic oxidation sites excluding steroid dienone is 1. The predicted molar refractivity (Wildman–Crippen MR) is 111 cm³/mol. The van der Waals surface area contributed by atoms with Gasteiger partial charge in [0.2, 0.25) is 0 Å². The SMILES string of the molecule is C=CCCC(=O)O[P+](c1ccccc1)(c1ccccc1)c1ccccc1. The van der Waals surface area contributed by atoms with Gasteiger partial charge in [0.25, 0.3) is 7.49 Å². The number of benzene rings is 3. The van der Waals surface area contributed by atoms with Crippen molar-refractivity contribution in [2.45, 2.75) is 12.8 Å². The van der Waals surface area contributed by atoms with E-state index in [-0.39, 0.29) is 5.97 Å². The minimum atomic E-state index is -2.53. The Hall–Kier alpha value is -2.70. The summed E-state index contributed by atoms with van der Waals surface area (Å²) in [4.78, 5) is 12.7. The van der Waals surface area contributed by atoms with Gasteiger partial charge in [-0.2, -0.15) is 0 Å². The molecule has 0 fully saturated rings. The molecule has 26 heavy (non-hydrogen) atoms. The molecule has 0 amide bonds. The van der Waals surface area contributed by atoms with E-state index in [0.29, 0.717) is 12.8 Å². The summed E-state index contributed by atoms with van der Waals surface area (Å²) >= 11 is 0. The van der Waals surface area contributed by atoms with Gasteiger partial charge in [0.15, 0.2) is 0 Å². The van der Waals surface area contributed by atoms with E-state index in [1.165, 1.54) is 0 Å². The molecule has 2 nitrogen and oxygen atoms in total. The van der Waals surface area contributed by atoms with Gasteiger partial charge >= 0.3 is 5.97 Å². The van der Waals surface area contributed by atoms with Gasteiger partial charge in [-0.25, -0.2) is 4.79 Å². The average Bonchev–Trinajstić information content (AvgIpc) is 2.72. The summed E-state index contributed by atoms with van der Waals surface area (Å²) in [6, 6.07) is 30.2. The zero-order valence-corrected chi connectivity index (χ0v) is 15.5. The summed E-state index contributed by atoms with van der Waals surface area (Å²) in [5.41, 5.74) is 0. The van der Waals surface area contributed by atoms with Crippen LogP contribution in [0.2, 0.25) is 0 Å². The average molecular weight is 361 g/mol. The molecule has 0 aliphatic carbocycles. The summed E-state index contributed by atoms with van der Waals surface area (Å²) in [5.74, 6) is -0.199. The molecular formula is C23H22O2P+. The van der Waals surface area contributed by atoms with E-state index < -0.39 is 7.49 Å². The lowest BCUT2D eigenvalue weighted by Crippen LogP contribution is -2.34. The Kier molecular flexibility index (Phi) is 5.99. The molecule has 0 atom stereocenters. The maximum absolute atomic E-state index is 12.7. The molecule has 3 rings (SSSR count). The Balaban J connectivity index is 2.21. The van der Waals surface area contributed by atoms with Crippen molar-refractivity contribution in [3.63, 3.8) is 0 Å². The van der Waals surface area contributed by atoms with Gasteiger partial charge in [0, 0.05) is 0 Å². The Morgan fingerprint density at radius 1 is 0.769 bits per heavy atom. The van der Waals surface area contributed by atoms with E-state index in [1.54, 1.807) is 6.08 Å². The lowest BCUT2D eigenvalue weighted by molar-refractivity contribution is -0.133. The first-order valence-corrected chi connectivity index (χ1v) is 10.4. The summed E-state index contributed by atoms with van der Waals surface area (Å²) < 4.78 is 6.32. The van der Waals surface area contributed by atoms with Crippen LogP contribution >= 0.6 is 7.49 Å². The molecule has 0 N–H and O–H groups in total. The summed E-state index contributed by atoms with van der Waals surface area (Å²) in [5, 5.41) is 3.10. The summed E-state index contributed by atoms with van der Waals surface area (Å²) in [6.45, 7) is 3.70. The van der Waals surface area contributed by atoms with E-state index in [9.17, 15) is 4.79 Å². The van der Waals surface area contributed by atoms with E-state index >= 15 is 0 Å². The van der Waals surface area contributed by atoms with Crippen LogP contribution in [0.4, 0.5) is 0 Å². The third-order valence-corrected chi connectivity index (χ3v) is 7.70. The van der Waals surface area contributed by atoms with E-state index in [2.05, 4.69) is 43.0 Å². The zero-order valence-electron chi connectivity index (χ0n) is 14.6. The first-order chi connectivity index (χ1) is 12.8. The third-order valence-electron chi connectivity index (χ3n) is 4.15. The first kappa shape index (κ1) is 18.1. The van der Waals surface area contributed by atoms with Crippen LogP contribution in [0.25, 0.3) is 0 Å². The number of carbonyl (C=O) groups is 1. The minimum Gasteiger partial charge on any atom is -0.297 e. The fourth-order valence-corrected chi connectivity index (χ4v) is 6.32. The van der Waals surface area contributed by atoms with Crippen LogP contribution in [-0.4, -0.2) is 5.97 Å². The van der Waals surface area contributed by atoms with Crippen molar-refractivity contribution in [2.24, 2.45) is 0 Å². The van der Waals surface area contributed by atoms with Crippen molar-refractivity contribution >= 4 is 29.4 Å². The van der Waals surface area contributed by atoms with Gasteiger partial charge in [-0.3, -0.25) is 4.52 Å². The number of hydrogen-bond acceptors (Lipinski definition) is 2. The Labute approximate surface area is 155 Å². The van der Waals surface area contributed by atoms with Gasteiger partial charge in [0.1, 0.15) is 15.9 Å². The van der Waals surface area contributed by atoms with Crippen LogP contribution in [0.15, 0.2) is 104 Å². The minimum absolute atomic E-state index is 0.199. The molecule has 3 aromatic carbocycles. The molecule has 0 saturated carbocycles. The molecule has 0 radical (unpaired) electrons. The zero-order chi connectivity index (χ0) is 18.2. The third kappa shape index (κ3) is 3.76. The lowest BCUT2D eigenvalue weighted by Gasteiger charge is -2.25. The van der Waals surface area contributed by atoms with E-state index in [1.807, 2.05) is 54.6 Å². The van der Waals surface area contributed by atoms with Gasteiger partial charge in [-0.15, -0.1) is 6.58 Å². The second kappa shape index (κ2) is 8.60. The topological polar surface area (TPSA) is 26.3 Å². The van der Waals surface area contributed by atoms with Crippen LogP contribution in [0.1, 0.15) is 12.8 Å². The Morgan fingerprint density at radius 2 is 1.15 bits per heavy atom. The molecule has 0 bridgehead atoms. The molecule has 0 aliphatic heterocycles. The van der Waals surface area contributed by atoms with Crippen LogP contribution in [0, 0.1) is 0 Å². The molecule has 0 spiro atoms. The highest BCUT2D eigenvalue weighted by Gasteiger charge is 2.50. The molecule has 3 aromatic rings. The molecule has 0 aliphatic rings. The molecular weight excluding hydrogens is 339 g/mol. The van der Waals surface area contributed by atoms with Gasteiger partial charge < -0.3 is 0 Å². The van der Waals surface area contributed by atoms with Crippen LogP contribution in [0.3, 0.4) is 0 Å². The molecule has 0 heterocycles. The normalized spacial score (nSPS) is 10.9. The number of rotatable bonds is 7. The molecule has 0 unspecified atom stereocenters. The predicted octanol–water partition coefficient (Wildman–Crippen LogP) is 4.40. The first-order valence-electron chi connectivity index (χ1n) is 8.66. The lowest BCUT2D eigenvalue weighted by atomic mass is 10.3. The second-order valence-corrected chi connectivity index (χ2v) is 8.86. The van der Waals surface area contributed by atoms with Crippen molar-refractivity contribution in [1.29, 1.82) is 0 Å². The van der Waals surface area contributed by atoms with Crippen LogP contribution in [0.5, 0.6) is 0 Å². The van der Waals surface area contributed by atoms with Crippen LogP contribution < -0.4 is 15.9 Å². The summed E-state index contributed by atoms with van der Waals surface area (Å²) in [7, 11) is -2.53. The molecule has 0 saturated heterocycles. The summed E-state index contributed by atoms with van der Waals surface area (Å²) in [6.07, 6.45) is 2.68. The van der Waals surface area contributed by atoms with Crippen LogP contribution in [-0.2, 0) is 9.32 Å². The van der Waals surface area contributed by atoms with E-state index in [0.717, 1.165) is 15.9 Å². The van der Waals surface area contributed by atoms with Crippen molar-refractivity contribution in [2.75, 3.05) is 0 Å². The quantitative estimate of drug-likeness (QED) is 0.460. The highest BCUT2D eigenvalue weighted by molar-refractivity contribution is 7.92. The fourth-order valence-electron chi connectivity index (χ4n) is 2.94. The smallest absolute Gasteiger partial charge is 0.297 e. The molecule has 3 heteroatoms. The highest BCUT2D eigenvalue weighted by atomic mass is 31.2. The second-order valence-electron chi connectivity index (χ2n) is 5.91. The van der Waals surface area contributed by atoms with E-state index in [4.69, 9.17) is 4.52 Å². The molecule has 130 valence electrons. The van der Waals surface area contributed by atoms with Gasteiger partial charge in [-0.05, 0) is 42.8 Å². The number of hydrogen-bond donors (Lipinski definition) is 0. The van der Waals surface area contributed by atoms with Gasteiger partial charge in [0.05, 0.1) is 6.42 Å². The maximum atomic E-state index is 12.7. The maximum Gasteiger partial charge on any atom is 0.352 e. The Bertz CT molecular complexity index is 748. The van der Waals surface area contributed by atoms with Gasteiger partial charge in [-0.1, -0.05) is 60.7 Å². The fraction of sp³-hybridized carbons (Fsp3) is 0.0870. The van der Waals surface area contributed by atoms with Crippen molar-refractivity contribution in [1.82, 2.24) is 0 Å². The standard InChI is InChI=1S/C23H22O2P/c1-2-3-19-23(24)25-26(20-13-7-4-8-14-20,21-15-9-5-10-16-21)22-17-11-6-12-18-22/h2,4-18H,1,3,19H2/q+1. The number of carbonyl (C=O) groups excluding carboxylic acids is 1. The monoisotopic (exact) mass is 361 g/mol. The Morgan fingerprint density at radius 3 is 1.50 bits per heavy atom. The largest absolute Gasteiger partial charge is 0.352 e. The van der Waals surface area contributed by atoms with Crippen molar-refractivity contribution in [3.05, 3.63) is 104 Å². The van der Waals surface area contributed by atoms with Crippen molar-refractivity contribution < 1.29 is 9.32 Å². The molecule has 0 aromatic heterocycles.